The van der Waals surface area contributed by atoms with Gasteiger partial charge in [0.15, 0.2) is 0 Å². The van der Waals surface area contributed by atoms with Gasteiger partial charge in [0.05, 0.1) is 30.7 Å². The van der Waals surface area contributed by atoms with Crippen LogP contribution in [0.2, 0.25) is 0 Å². The average molecular weight is 384 g/mol. The molecule has 3 heterocycles. The van der Waals surface area contributed by atoms with Gasteiger partial charge in [-0.2, -0.15) is 0 Å². The van der Waals surface area contributed by atoms with Crippen molar-refractivity contribution in [2.45, 2.75) is 44.3 Å². The number of carbonyl (C=O) groups excluding carboxylic acids is 1. The standard InChI is InChI=1S/C21H28N4O3/c1-15(16-5-3-4-6-18(16)27-2)24-19(26)13-25-14-22-20-17(25)7-10-23-21(20)8-11-28-12-9-21/h3-6,14-15,23H,7-13H2,1-2H3,(H,24,26)/t15-/m0/s1. The average Bonchev–Trinajstić information content (AvgIpc) is 3.13. The second-order valence-corrected chi connectivity index (χ2v) is 7.57. The zero-order valence-electron chi connectivity index (χ0n) is 16.5. The van der Waals surface area contributed by atoms with Crippen LogP contribution in [-0.2, 0) is 28.0 Å². The molecule has 1 spiro atoms. The summed E-state index contributed by atoms with van der Waals surface area (Å²) >= 11 is 0. The van der Waals surface area contributed by atoms with Gasteiger partial charge in [-0.15, -0.1) is 0 Å². The van der Waals surface area contributed by atoms with Crippen LogP contribution in [0.1, 0.15) is 42.8 Å². The third kappa shape index (κ3) is 3.52. The minimum atomic E-state index is -0.133. The summed E-state index contributed by atoms with van der Waals surface area (Å²) < 4.78 is 12.9. The highest BCUT2D eigenvalue weighted by atomic mass is 16.5. The number of rotatable bonds is 5. The Morgan fingerprint density at radius 3 is 2.96 bits per heavy atom. The smallest absolute Gasteiger partial charge is 0.240 e. The molecule has 0 bridgehead atoms. The fourth-order valence-corrected chi connectivity index (χ4v) is 4.39. The van der Waals surface area contributed by atoms with Crippen molar-refractivity contribution in [2.75, 3.05) is 26.9 Å². The first kappa shape index (κ1) is 19.0. The molecule has 7 nitrogen and oxygen atoms in total. The summed E-state index contributed by atoms with van der Waals surface area (Å²) in [5.41, 5.74) is 3.13. The number of hydrogen-bond donors (Lipinski definition) is 2. The van der Waals surface area contributed by atoms with Crippen LogP contribution in [0.3, 0.4) is 0 Å². The molecular formula is C21H28N4O3. The van der Waals surface area contributed by atoms with E-state index in [0.29, 0.717) is 0 Å². The molecule has 1 amide bonds. The van der Waals surface area contributed by atoms with Crippen LogP contribution in [0.4, 0.5) is 0 Å². The zero-order valence-corrected chi connectivity index (χ0v) is 16.5. The summed E-state index contributed by atoms with van der Waals surface area (Å²) in [6, 6.07) is 7.63. The fraction of sp³-hybridized carbons (Fsp3) is 0.524. The molecule has 1 aromatic carbocycles. The maximum absolute atomic E-state index is 12.7. The SMILES string of the molecule is COc1ccccc1[C@H](C)NC(=O)Cn1cnc2c1CCNC21CCOCC1. The minimum Gasteiger partial charge on any atom is -0.496 e. The van der Waals surface area contributed by atoms with Crippen molar-refractivity contribution in [2.24, 2.45) is 0 Å². The second kappa shape index (κ2) is 7.93. The number of nitrogens with zero attached hydrogens (tertiary/aromatic N) is 2. The fourth-order valence-electron chi connectivity index (χ4n) is 4.39. The van der Waals surface area contributed by atoms with E-state index in [4.69, 9.17) is 14.5 Å². The minimum absolute atomic E-state index is 0.0295. The summed E-state index contributed by atoms with van der Waals surface area (Å²) in [6.07, 6.45) is 4.54. The van der Waals surface area contributed by atoms with Crippen molar-refractivity contribution in [3.63, 3.8) is 0 Å². The molecule has 1 atom stereocenters. The zero-order chi connectivity index (χ0) is 19.6. The molecule has 2 aromatic rings. The molecule has 4 rings (SSSR count). The first-order chi connectivity index (χ1) is 13.6. The summed E-state index contributed by atoms with van der Waals surface area (Å²) in [6.45, 7) is 4.64. The van der Waals surface area contributed by atoms with Gasteiger partial charge in [0.1, 0.15) is 12.3 Å². The molecule has 0 unspecified atom stereocenters. The lowest BCUT2D eigenvalue weighted by Crippen LogP contribution is -2.51. The van der Waals surface area contributed by atoms with Gasteiger partial charge < -0.3 is 24.7 Å². The second-order valence-electron chi connectivity index (χ2n) is 7.57. The van der Waals surface area contributed by atoms with Crippen molar-refractivity contribution >= 4 is 5.91 Å². The van der Waals surface area contributed by atoms with Gasteiger partial charge in [-0.25, -0.2) is 4.98 Å². The Morgan fingerprint density at radius 2 is 2.18 bits per heavy atom. The number of methoxy groups -OCH3 is 1. The highest BCUT2D eigenvalue weighted by Crippen LogP contribution is 2.36. The Balaban J connectivity index is 1.47. The van der Waals surface area contributed by atoms with E-state index in [1.807, 2.05) is 42.1 Å². The molecule has 0 radical (unpaired) electrons. The molecule has 1 aromatic heterocycles. The van der Waals surface area contributed by atoms with Crippen LogP contribution in [0.15, 0.2) is 30.6 Å². The Labute approximate surface area is 165 Å². The number of ether oxygens (including phenoxy) is 2. The summed E-state index contributed by atoms with van der Waals surface area (Å²) in [4.78, 5) is 17.4. The van der Waals surface area contributed by atoms with Gasteiger partial charge in [-0.05, 0) is 25.8 Å². The van der Waals surface area contributed by atoms with Gasteiger partial charge in [0.2, 0.25) is 5.91 Å². The maximum Gasteiger partial charge on any atom is 0.240 e. The first-order valence-corrected chi connectivity index (χ1v) is 9.92. The molecule has 28 heavy (non-hydrogen) atoms. The van der Waals surface area contributed by atoms with E-state index in [1.54, 1.807) is 7.11 Å². The molecule has 2 aliphatic rings. The third-order valence-electron chi connectivity index (χ3n) is 5.87. The van der Waals surface area contributed by atoms with Gasteiger partial charge >= 0.3 is 0 Å². The molecule has 2 N–H and O–H groups in total. The van der Waals surface area contributed by atoms with Gasteiger partial charge in [0, 0.05) is 37.4 Å². The molecule has 0 saturated carbocycles. The number of amides is 1. The number of carbonyl (C=O) groups is 1. The van der Waals surface area contributed by atoms with Gasteiger partial charge in [0.25, 0.3) is 0 Å². The third-order valence-corrected chi connectivity index (χ3v) is 5.87. The normalized spacial score (nSPS) is 19.1. The molecule has 2 aliphatic heterocycles. The predicted octanol–water partition coefficient (Wildman–Crippen LogP) is 1.92. The lowest BCUT2D eigenvalue weighted by atomic mass is 9.82. The van der Waals surface area contributed by atoms with Crippen LogP contribution < -0.4 is 15.4 Å². The van der Waals surface area contributed by atoms with Gasteiger partial charge in [-0.1, -0.05) is 18.2 Å². The number of benzene rings is 1. The quantitative estimate of drug-likeness (QED) is 0.824. The lowest BCUT2D eigenvalue weighted by molar-refractivity contribution is -0.122. The monoisotopic (exact) mass is 384 g/mol. The van der Waals surface area contributed by atoms with Crippen LogP contribution in [0.25, 0.3) is 0 Å². The number of nitrogens with one attached hydrogen (secondary N) is 2. The lowest BCUT2D eigenvalue weighted by Gasteiger charge is -2.40. The number of hydrogen-bond acceptors (Lipinski definition) is 5. The maximum atomic E-state index is 12.7. The van der Waals surface area contributed by atoms with E-state index in [9.17, 15) is 4.79 Å². The molecule has 150 valence electrons. The van der Waals surface area contributed by atoms with Crippen molar-refractivity contribution in [3.05, 3.63) is 47.5 Å². The summed E-state index contributed by atoms with van der Waals surface area (Å²) in [7, 11) is 1.64. The van der Waals surface area contributed by atoms with Crippen LogP contribution >= 0.6 is 0 Å². The Bertz CT molecular complexity index is 842. The van der Waals surface area contributed by atoms with Crippen molar-refractivity contribution in [1.82, 2.24) is 20.2 Å². The Morgan fingerprint density at radius 1 is 1.39 bits per heavy atom. The van der Waals surface area contributed by atoms with Crippen molar-refractivity contribution < 1.29 is 14.3 Å². The highest BCUT2D eigenvalue weighted by molar-refractivity contribution is 5.76. The van der Waals surface area contributed by atoms with E-state index in [-0.39, 0.29) is 24.0 Å². The van der Waals surface area contributed by atoms with Crippen LogP contribution in [-0.4, -0.2) is 42.3 Å². The number of para-hydroxylation sites is 1. The van der Waals surface area contributed by atoms with Gasteiger partial charge in [-0.3, -0.25) is 4.79 Å². The Kier molecular flexibility index (Phi) is 5.37. The molecular weight excluding hydrogens is 356 g/mol. The number of aromatic nitrogens is 2. The van der Waals surface area contributed by atoms with Crippen LogP contribution in [0, 0.1) is 0 Å². The predicted molar refractivity (Wildman–Crippen MR) is 105 cm³/mol. The van der Waals surface area contributed by atoms with Crippen molar-refractivity contribution in [3.8, 4) is 5.75 Å². The van der Waals surface area contributed by atoms with E-state index in [0.717, 1.165) is 56.0 Å². The number of imidazole rings is 1. The van der Waals surface area contributed by atoms with Crippen LogP contribution in [0.5, 0.6) is 5.75 Å². The van der Waals surface area contributed by atoms with E-state index >= 15 is 0 Å². The van der Waals surface area contributed by atoms with Crippen molar-refractivity contribution in [1.29, 1.82) is 0 Å². The largest absolute Gasteiger partial charge is 0.496 e. The molecule has 1 saturated heterocycles. The molecule has 0 aliphatic carbocycles. The topological polar surface area (TPSA) is 77.4 Å². The number of fused-ring (bicyclic) bond motifs is 2. The van der Waals surface area contributed by atoms with E-state index < -0.39 is 0 Å². The summed E-state index contributed by atoms with van der Waals surface area (Å²) in [5, 5.41) is 6.74. The van der Waals surface area contributed by atoms with E-state index in [1.165, 1.54) is 5.69 Å². The first-order valence-electron chi connectivity index (χ1n) is 9.92. The highest BCUT2D eigenvalue weighted by Gasteiger charge is 2.40. The Hall–Kier alpha value is -2.38. The molecule has 1 fully saturated rings. The molecule has 7 heteroatoms. The summed E-state index contributed by atoms with van der Waals surface area (Å²) in [5.74, 6) is 0.751. The van der Waals surface area contributed by atoms with E-state index in [2.05, 4.69) is 10.6 Å².